The largest absolute Gasteiger partial charge is 0.355 e. The average Bonchev–Trinajstić information content (AvgIpc) is 2.56. The van der Waals surface area contributed by atoms with E-state index in [2.05, 4.69) is 53.1 Å². The van der Waals surface area contributed by atoms with Crippen LogP contribution in [0.1, 0.15) is 18.4 Å². The van der Waals surface area contributed by atoms with Crippen molar-refractivity contribution in [1.82, 2.24) is 10.6 Å². The van der Waals surface area contributed by atoms with Gasteiger partial charge in [-0.2, -0.15) is 0 Å². The maximum Gasteiger partial charge on any atom is 0.224 e. The second-order valence-corrected chi connectivity index (χ2v) is 5.72. The lowest BCUT2D eigenvalue weighted by Crippen LogP contribution is -2.41. The van der Waals surface area contributed by atoms with Crippen LogP contribution in [0.4, 0.5) is 0 Å². The molecular formula is C18H22N2O. The van der Waals surface area contributed by atoms with Crippen molar-refractivity contribution in [3.05, 3.63) is 48.0 Å². The Morgan fingerprint density at radius 2 is 2.05 bits per heavy atom. The normalized spacial score (nSPS) is 18.6. The standard InChI is InChI=1S/C18H22N2O/c21-18(16-8-4-11-19-13-16)20-12-10-15-7-3-6-14-5-1-2-9-17(14)15/h1-3,5-7,9,16,19H,4,8,10-13H2,(H,20,21). The molecule has 0 saturated carbocycles. The van der Waals surface area contributed by atoms with E-state index < -0.39 is 0 Å². The predicted molar refractivity (Wildman–Crippen MR) is 86.3 cm³/mol. The first-order valence-corrected chi connectivity index (χ1v) is 7.79. The first-order chi connectivity index (χ1) is 10.3. The zero-order chi connectivity index (χ0) is 14.5. The summed E-state index contributed by atoms with van der Waals surface area (Å²) in [6.07, 6.45) is 2.99. The van der Waals surface area contributed by atoms with Gasteiger partial charge in [-0.1, -0.05) is 42.5 Å². The fraction of sp³-hybridized carbons (Fsp3) is 0.389. The number of carbonyl (C=O) groups excluding carboxylic acids is 1. The van der Waals surface area contributed by atoms with Gasteiger partial charge in [0, 0.05) is 13.1 Å². The first-order valence-electron chi connectivity index (χ1n) is 7.79. The van der Waals surface area contributed by atoms with Crippen molar-refractivity contribution in [2.24, 2.45) is 5.92 Å². The Kier molecular flexibility index (Phi) is 4.51. The quantitative estimate of drug-likeness (QED) is 0.904. The SMILES string of the molecule is O=C(NCCc1cccc2ccccc12)C1CCCNC1. The molecule has 110 valence electrons. The number of carbonyl (C=O) groups is 1. The molecule has 21 heavy (non-hydrogen) atoms. The summed E-state index contributed by atoms with van der Waals surface area (Å²) in [4.78, 5) is 12.1. The number of hydrogen-bond acceptors (Lipinski definition) is 2. The Labute approximate surface area is 125 Å². The minimum Gasteiger partial charge on any atom is -0.355 e. The van der Waals surface area contributed by atoms with E-state index in [4.69, 9.17) is 0 Å². The Morgan fingerprint density at radius 3 is 2.90 bits per heavy atom. The molecule has 2 N–H and O–H groups in total. The van der Waals surface area contributed by atoms with Gasteiger partial charge in [-0.05, 0) is 42.1 Å². The molecule has 1 saturated heterocycles. The zero-order valence-electron chi connectivity index (χ0n) is 12.3. The van der Waals surface area contributed by atoms with Gasteiger partial charge in [-0.3, -0.25) is 4.79 Å². The van der Waals surface area contributed by atoms with E-state index >= 15 is 0 Å². The van der Waals surface area contributed by atoms with Crippen LogP contribution in [-0.4, -0.2) is 25.5 Å². The summed E-state index contributed by atoms with van der Waals surface area (Å²) in [5.41, 5.74) is 1.30. The second-order valence-electron chi connectivity index (χ2n) is 5.72. The maximum absolute atomic E-state index is 12.1. The van der Waals surface area contributed by atoms with Crippen molar-refractivity contribution in [1.29, 1.82) is 0 Å². The molecule has 1 atom stereocenters. The topological polar surface area (TPSA) is 41.1 Å². The summed E-state index contributed by atoms with van der Waals surface area (Å²) in [6, 6.07) is 14.8. The summed E-state index contributed by atoms with van der Waals surface area (Å²) in [5.74, 6) is 0.341. The van der Waals surface area contributed by atoms with Crippen LogP contribution in [0.3, 0.4) is 0 Å². The highest BCUT2D eigenvalue weighted by atomic mass is 16.1. The molecule has 3 heteroatoms. The van der Waals surface area contributed by atoms with Gasteiger partial charge in [0.2, 0.25) is 5.91 Å². The van der Waals surface area contributed by atoms with E-state index in [9.17, 15) is 4.79 Å². The summed E-state index contributed by atoms with van der Waals surface area (Å²) < 4.78 is 0. The minimum absolute atomic E-state index is 0.145. The molecule has 2 aromatic rings. The highest BCUT2D eigenvalue weighted by Gasteiger charge is 2.20. The summed E-state index contributed by atoms with van der Waals surface area (Å²) in [5, 5.41) is 8.92. The minimum atomic E-state index is 0.145. The van der Waals surface area contributed by atoms with Crippen molar-refractivity contribution >= 4 is 16.7 Å². The molecule has 2 aromatic carbocycles. The third kappa shape index (κ3) is 3.42. The number of piperidine rings is 1. The van der Waals surface area contributed by atoms with Gasteiger partial charge in [0.25, 0.3) is 0 Å². The number of amides is 1. The average molecular weight is 282 g/mol. The summed E-state index contributed by atoms with van der Waals surface area (Å²) in [6.45, 7) is 2.57. The second kappa shape index (κ2) is 6.72. The smallest absolute Gasteiger partial charge is 0.224 e. The van der Waals surface area contributed by atoms with Crippen LogP contribution in [0, 0.1) is 5.92 Å². The van der Waals surface area contributed by atoms with Crippen molar-refractivity contribution in [2.75, 3.05) is 19.6 Å². The predicted octanol–water partition coefficient (Wildman–Crippen LogP) is 2.50. The molecule has 1 amide bonds. The fourth-order valence-corrected chi connectivity index (χ4v) is 3.05. The zero-order valence-corrected chi connectivity index (χ0v) is 12.3. The molecule has 3 nitrogen and oxygen atoms in total. The maximum atomic E-state index is 12.1. The number of nitrogens with one attached hydrogen (secondary N) is 2. The molecule has 1 fully saturated rings. The van der Waals surface area contributed by atoms with Crippen LogP contribution in [0.2, 0.25) is 0 Å². The van der Waals surface area contributed by atoms with Crippen LogP contribution in [0.25, 0.3) is 10.8 Å². The molecule has 1 aliphatic heterocycles. The van der Waals surface area contributed by atoms with Gasteiger partial charge >= 0.3 is 0 Å². The van der Waals surface area contributed by atoms with Crippen molar-refractivity contribution in [3.8, 4) is 0 Å². The molecule has 3 rings (SSSR count). The van der Waals surface area contributed by atoms with Gasteiger partial charge in [0.1, 0.15) is 0 Å². The lowest BCUT2D eigenvalue weighted by Gasteiger charge is -2.21. The fourth-order valence-electron chi connectivity index (χ4n) is 3.05. The van der Waals surface area contributed by atoms with E-state index in [0.29, 0.717) is 6.54 Å². The molecule has 0 spiro atoms. The molecule has 0 aromatic heterocycles. The van der Waals surface area contributed by atoms with Crippen LogP contribution in [0.5, 0.6) is 0 Å². The molecule has 0 radical (unpaired) electrons. The van der Waals surface area contributed by atoms with E-state index in [1.165, 1.54) is 16.3 Å². The molecular weight excluding hydrogens is 260 g/mol. The molecule has 1 unspecified atom stereocenters. The van der Waals surface area contributed by atoms with E-state index in [-0.39, 0.29) is 11.8 Å². The lowest BCUT2D eigenvalue weighted by atomic mass is 9.98. The van der Waals surface area contributed by atoms with Crippen molar-refractivity contribution < 1.29 is 4.79 Å². The van der Waals surface area contributed by atoms with Gasteiger partial charge in [-0.25, -0.2) is 0 Å². The van der Waals surface area contributed by atoms with E-state index in [0.717, 1.165) is 32.4 Å². The molecule has 1 heterocycles. The van der Waals surface area contributed by atoms with Crippen LogP contribution >= 0.6 is 0 Å². The molecule has 1 aliphatic rings. The van der Waals surface area contributed by atoms with Gasteiger partial charge in [0.05, 0.1) is 5.92 Å². The third-order valence-corrected chi connectivity index (χ3v) is 4.24. The van der Waals surface area contributed by atoms with Crippen LogP contribution in [0.15, 0.2) is 42.5 Å². The molecule has 0 aliphatic carbocycles. The van der Waals surface area contributed by atoms with E-state index in [1.54, 1.807) is 0 Å². The lowest BCUT2D eigenvalue weighted by molar-refractivity contribution is -0.125. The number of benzene rings is 2. The first kappa shape index (κ1) is 14.1. The Morgan fingerprint density at radius 1 is 1.19 bits per heavy atom. The van der Waals surface area contributed by atoms with Gasteiger partial charge in [-0.15, -0.1) is 0 Å². The van der Waals surface area contributed by atoms with Gasteiger partial charge < -0.3 is 10.6 Å². The van der Waals surface area contributed by atoms with E-state index in [1.807, 2.05) is 0 Å². The molecule has 0 bridgehead atoms. The van der Waals surface area contributed by atoms with Crippen molar-refractivity contribution in [2.45, 2.75) is 19.3 Å². The van der Waals surface area contributed by atoms with Gasteiger partial charge in [0.15, 0.2) is 0 Å². The number of rotatable bonds is 4. The number of fused-ring (bicyclic) bond motifs is 1. The Bertz CT molecular complexity index is 612. The monoisotopic (exact) mass is 282 g/mol. The number of hydrogen-bond donors (Lipinski definition) is 2. The Balaban J connectivity index is 1.58. The summed E-state index contributed by atoms with van der Waals surface area (Å²) >= 11 is 0. The summed E-state index contributed by atoms with van der Waals surface area (Å²) in [7, 11) is 0. The van der Waals surface area contributed by atoms with Crippen LogP contribution in [-0.2, 0) is 11.2 Å². The van der Waals surface area contributed by atoms with Crippen LogP contribution < -0.4 is 10.6 Å². The highest BCUT2D eigenvalue weighted by molar-refractivity contribution is 5.85. The van der Waals surface area contributed by atoms with Crippen molar-refractivity contribution in [3.63, 3.8) is 0 Å². The third-order valence-electron chi connectivity index (χ3n) is 4.24. The highest BCUT2D eigenvalue weighted by Crippen LogP contribution is 2.18. The Hall–Kier alpha value is -1.87.